The number of hydrogen-bond donors (Lipinski definition) is 1. The maximum Gasteiger partial charge on any atom is 0.224 e. The fourth-order valence-corrected chi connectivity index (χ4v) is 5.99. The Hall–Kier alpha value is -2.88. The molecule has 0 fully saturated rings. The summed E-state index contributed by atoms with van der Waals surface area (Å²) in [6, 6.07) is 14.6. The number of hydrogen-bond acceptors (Lipinski definition) is 7. The first-order valence-corrected chi connectivity index (χ1v) is 14.9. The van der Waals surface area contributed by atoms with Crippen LogP contribution in [0.2, 0.25) is 0 Å². The lowest BCUT2D eigenvalue weighted by Gasteiger charge is -2.33. The number of alkyl halides is 2. The maximum atomic E-state index is 12.7. The molecule has 0 bridgehead atoms. The van der Waals surface area contributed by atoms with E-state index in [1.54, 1.807) is 19.2 Å². The molecule has 41 heavy (non-hydrogen) atoms. The van der Waals surface area contributed by atoms with Gasteiger partial charge in [-0.25, -0.2) is 9.97 Å². The predicted molar refractivity (Wildman–Crippen MR) is 166 cm³/mol. The fourth-order valence-electron chi connectivity index (χ4n) is 4.48. The van der Waals surface area contributed by atoms with E-state index in [4.69, 9.17) is 37.7 Å². The second kappa shape index (κ2) is 12.5. The number of ether oxygens (including phenoxy) is 2. The smallest absolute Gasteiger partial charge is 0.224 e. The van der Waals surface area contributed by atoms with E-state index in [1.807, 2.05) is 82.3 Å². The van der Waals surface area contributed by atoms with E-state index in [2.05, 4.69) is 9.71 Å². The standard InChI is InChI=1S/C31H33Cl2N3O4S/c1-19(36-41(38)30(2,3)4)23-14-16-27(35-29(23)40-6)25-12-8-11-24(31(25,32)33)20-9-7-10-21(17-20)26-15-13-22(18-37)28(34-26)39-5/h7-19,25,36H,1-6H3/t19?,25?,41-/m1/s1. The highest BCUT2D eigenvalue weighted by molar-refractivity contribution is 7.90. The van der Waals surface area contributed by atoms with Gasteiger partial charge >= 0.3 is 0 Å². The molecule has 2 aromatic heterocycles. The van der Waals surface area contributed by atoms with Crippen LogP contribution < -0.4 is 14.2 Å². The first kappa shape index (κ1) is 31.1. The first-order valence-electron chi connectivity index (χ1n) is 13.0. The molecule has 7 nitrogen and oxygen atoms in total. The van der Waals surface area contributed by atoms with Gasteiger partial charge in [0.2, 0.25) is 11.8 Å². The van der Waals surface area contributed by atoms with Crippen molar-refractivity contribution in [2.45, 2.75) is 48.7 Å². The van der Waals surface area contributed by atoms with Crippen molar-refractivity contribution in [3.05, 3.63) is 89.1 Å². The van der Waals surface area contributed by atoms with E-state index in [0.717, 1.165) is 16.7 Å². The molecule has 3 aromatic rings. The van der Waals surface area contributed by atoms with Crippen LogP contribution in [0.15, 0.2) is 66.8 Å². The summed E-state index contributed by atoms with van der Waals surface area (Å²) >= 11 is 13.0. The second-order valence-electron chi connectivity index (χ2n) is 10.6. The number of rotatable bonds is 9. The Kier molecular flexibility index (Phi) is 9.51. The average Bonchev–Trinajstić information content (AvgIpc) is 2.95. The van der Waals surface area contributed by atoms with Crippen molar-refractivity contribution in [3.63, 3.8) is 0 Å². The van der Waals surface area contributed by atoms with E-state index in [9.17, 15) is 9.35 Å². The number of aromatic nitrogens is 2. The number of halogens is 2. The molecule has 0 saturated carbocycles. The zero-order valence-corrected chi connectivity index (χ0v) is 26.1. The van der Waals surface area contributed by atoms with Crippen LogP contribution in [0.5, 0.6) is 11.8 Å². The second-order valence-corrected chi connectivity index (χ2v) is 14.0. The van der Waals surface area contributed by atoms with Crippen LogP contribution >= 0.6 is 23.2 Å². The molecule has 0 saturated heterocycles. The van der Waals surface area contributed by atoms with Crippen molar-refractivity contribution in [1.82, 2.24) is 14.7 Å². The Morgan fingerprint density at radius 1 is 1.05 bits per heavy atom. The zero-order valence-electron chi connectivity index (χ0n) is 23.8. The molecule has 1 aliphatic carbocycles. The molecule has 216 valence electrons. The largest absolute Gasteiger partial charge is 0.598 e. The lowest BCUT2D eigenvalue weighted by Crippen LogP contribution is -2.40. The zero-order chi connectivity index (χ0) is 29.9. The highest BCUT2D eigenvalue weighted by Gasteiger charge is 2.41. The summed E-state index contributed by atoms with van der Waals surface area (Å²) in [6.07, 6.45) is 6.42. The van der Waals surface area contributed by atoms with Gasteiger partial charge in [-0.3, -0.25) is 4.79 Å². The number of pyridine rings is 2. The summed E-state index contributed by atoms with van der Waals surface area (Å²) in [6.45, 7) is 7.65. The number of nitrogens with one attached hydrogen (secondary N) is 1. The molecular weight excluding hydrogens is 581 g/mol. The topological polar surface area (TPSA) is 96.4 Å². The highest BCUT2D eigenvalue weighted by Crippen LogP contribution is 2.50. The third-order valence-electron chi connectivity index (χ3n) is 6.73. The van der Waals surface area contributed by atoms with Crippen molar-refractivity contribution in [2.75, 3.05) is 14.2 Å². The number of carbonyl (C=O) groups excluding carboxylic acids is 1. The van der Waals surface area contributed by atoms with Gasteiger partial charge < -0.3 is 14.0 Å². The van der Waals surface area contributed by atoms with Crippen LogP contribution in [0, 0.1) is 0 Å². The Morgan fingerprint density at radius 2 is 1.76 bits per heavy atom. The van der Waals surface area contributed by atoms with Crippen molar-refractivity contribution >= 4 is 46.4 Å². The molecule has 1 aliphatic rings. The number of benzene rings is 1. The van der Waals surface area contributed by atoms with Crippen molar-refractivity contribution < 1.29 is 18.8 Å². The molecule has 0 aliphatic heterocycles. The molecule has 2 heterocycles. The minimum Gasteiger partial charge on any atom is -0.598 e. The van der Waals surface area contributed by atoms with Crippen LogP contribution in [0.3, 0.4) is 0 Å². The Morgan fingerprint density at radius 3 is 2.41 bits per heavy atom. The molecular formula is C31H33Cl2N3O4S. The summed E-state index contributed by atoms with van der Waals surface area (Å²) in [4.78, 5) is 20.6. The molecule has 1 aromatic carbocycles. The Labute approximate surface area is 254 Å². The minimum absolute atomic E-state index is 0.254. The van der Waals surface area contributed by atoms with E-state index < -0.39 is 26.4 Å². The maximum absolute atomic E-state index is 12.7. The third kappa shape index (κ3) is 6.63. The lowest BCUT2D eigenvalue weighted by molar-refractivity contribution is 0.112. The minimum atomic E-state index is -1.35. The molecule has 0 spiro atoms. The summed E-state index contributed by atoms with van der Waals surface area (Å²) in [5.41, 5.74) is 4.75. The monoisotopic (exact) mass is 613 g/mol. The van der Waals surface area contributed by atoms with Gasteiger partial charge in [-0.1, -0.05) is 65.7 Å². The molecule has 1 N–H and O–H groups in total. The van der Waals surface area contributed by atoms with Gasteiger partial charge in [0, 0.05) is 22.5 Å². The summed E-state index contributed by atoms with van der Waals surface area (Å²) in [5, 5.41) is 0. The number of nitrogens with zero attached hydrogens (tertiary/aromatic N) is 2. The van der Waals surface area contributed by atoms with E-state index in [0.29, 0.717) is 34.7 Å². The van der Waals surface area contributed by atoms with Crippen LogP contribution in [0.1, 0.15) is 66.8 Å². The summed E-state index contributed by atoms with van der Waals surface area (Å²) in [7, 11) is 3.03. The molecule has 2 unspecified atom stereocenters. The Balaban J connectivity index is 1.64. The van der Waals surface area contributed by atoms with Crippen LogP contribution in [-0.2, 0) is 11.4 Å². The van der Waals surface area contributed by atoms with Gasteiger partial charge in [0.25, 0.3) is 0 Å². The van der Waals surface area contributed by atoms with Gasteiger partial charge in [-0.2, -0.15) is 0 Å². The quantitative estimate of drug-likeness (QED) is 0.158. The number of methoxy groups -OCH3 is 2. The summed E-state index contributed by atoms with van der Waals surface area (Å²) in [5.74, 6) is 0.182. The number of carbonyl (C=O) groups is 1. The molecule has 10 heteroatoms. The van der Waals surface area contributed by atoms with Crippen molar-refractivity contribution in [3.8, 4) is 23.0 Å². The molecule has 0 amide bonds. The third-order valence-corrected chi connectivity index (χ3v) is 9.28. The molecule has 0 radical (unpaired) electrons. The normalized spacial score (nSPS) is 17.9. The molecule has 3 atom stereocenters. The van der Waals surface area contributed by atoms with E-state index in [1.165, 1.54) is 7.11 Å². The van der Waals surface area contributed by atoms with Gasteiger partial charge in [0.05, 0.1) is 43.1 Å². The van der Waals surface area contributed by atoms with E-state index >= 15 is 0 Å². The lowest BCUT2D eigenvalue weighted by atomic mass is 9.85. The van der Waals surface area contributed by atoms with Crippen LogP contribution in [-0.4, -0.2) is 44.1 Å². The SMILES string of the molecule is COc1nc(-c2cccc(C3=CC=CC(c4ccc(C(C)N[S@+]([O-])C(C)(C)C)c(OC)n4)C3(Cl)Cl)c2)ccc1C=O. The van der Waals surface area contributed by atoms with Gasteiger partial charge in [-0.05, 0) is 63.1 Å². The van der Waals surface area contributed by atoms with E-state index in [-0.39, 0.29) is 11.9 Å². The Bertz CT molecular complexity index is 1490. The van der Waals surface area contributed by atoms with Gasteiger partial charge in [0.15, 0.2) is 10.6 Å². The van der Waals surface area contributed by atoms with Gasteiger partial charge in [0.1, 0.15) is 4.75 Å². The predicted octanol–water partition coefficient (Wildman–Crippen LogP) is 7.00. The molecule has 4 rings (SSSR count). The average molecular weight is 615 g/mol. The van der Waals surface area contributed by atoms with Crippen LogP contribution in [0.4, 0.5) is 0 Å². The summed E-state index contributed by atoms with van der Waals surface area (Å²) < 4.78 is 24.9. The number of aldehydes is 1. The fraction of sp³-hybridized carbons (Fsp3) is 0.323. The van der Waals surface area contributed by atoms with Crippen molar-refractivity contribution in [1.29, 1.82) is 0 Å². The first-order chi connectivity index (χ1) is 19.4. The van der Waals surface area contributed by atoms with Crippen molar-refractivity contribution in [2.24, 2.45) is 0 Å². The van der Waals surface area contributed by atoms with Gasteiger partial charge in [-0.15, -0.1) is 4.72 Å². The highest BCUT2D eigenvalue weighted by atomic mass is 35.5. The van der Waals surface area contributed by atoms with Crippen LogP contribution in [0.25, 0.3) is 16.8 Å². The number of allylic oxidation sites excluding steroid dienone is 4.